The second-order valence-electron chi connectivity index (χ2n) is 14.5. The molecule has 1 aliphatic rings. The van der Waals surface area contributed by atoms with Gasteiger partial charge in [-0.05, 0) is 87.0 Å². The molecule has 1 aromatic heterocycles. The highest BCUT2D eigenvalue weighted by Gasteiger charge is 2.36. The summed E-state index contributed by atoms with van der Waals surface area (Å²) in [6, 6.07) is 67.9. The van der Waals surface area contributed by atoms with Crippen molar-refractivity contribution in [1.82, 2.24) is 0 Å². The lowest BCUT2D eigenvalue weighted by Gasteiger charge is -2.30. The van der Waals surface area contributed by atoms with Crippen molar-refractivity contribution in [2.24, 2.45) is 0 Å². The smallest absolute Gasteiger partial charge is 0.143 e. The molecular formula is C51H37NO. The van der Waals surface area contributed by atoms with Crippen LogP contribution in [0, 0.1) is 0 Å². The van der Waals surface area contributed by atoms with Gasteiger partial charge in [-0.25, -0.2) is 0 Å². The molecule has 0 atom stereocenters. The highest BCUT2D eigenvalue weighted by molar-refractivity contribution is 6.12. The van der Waals surface area contributed by atoms with Crippen LogP contribution in [-0.4, -0.2) is 0 Å². The summed E-state index contributed by atoms with van der Waals surface area (Å²) in [6.07, 6.45) is 0. The van der Waals surface area contributed by atoms with Gasteiger partial charge in [0.2, 0.25) is 0 Å². The first-order valence-corrected chi connectivity index (χ1v) is 18.3. The van der Waals surface area contributed by atoms with Gasteiger partial charge in [-0.2, -0.15) is 0 Å². The molecule has 0 saturated carbocycles. The minimum atomic E-state index is -0.146. The van der Waals surface area contributed by atoms with Gasteiger partial charge in [0, 0.05) is 38.7 Å². The lowest BCUT2D eigenvalue weighted by atomic mass is 9.82. The zero-order chi connectivity index (χ0) is 35.5. The second kappa shape index (κ2) is 12.3. The molecule has 8 aromatic carbocycles. The van der Waals surface area contributed by atoms with E-state index in [1.54, 1.807) is 0 Å². The van der Waals surface area contributed by atoms with E-state index in [0.29, 0.717) is 0 Å². The van der Waals surface area contributed by atoms with Crippen LogP contribution in [0.3, 0.4) is 0 Å². The van der Waals surface area contributed by atoms with Crippen molar-refractivity contribution < 1.29 is 4.42 Å². The summed E-state index contributed by atoms with van der Waals surface area (Å²) in [5.41, 5.74) is 17.1. The highest BCUT2D eigenvalue weighted by Crippen LogP contribution is 2.52. The Balaban J connectivity index is 1.28. The number of nitrogens with zero attached hydrogens (tertiary/aromatic N) is 1. The molecule has 10 rings (SSSR count). The van der Waals surface area contributed by atoms with Gasteiger partial charge in [0.05, 0.1) is 5.69 Å². The van der Waals surface area contributed by atoms with Crippen LogP contribution >= 0.6 is 0 Å². The lowest BCUT2D eigenvalue weighted by Crippen LogP contribution is -2.17. The van der Waals surface area contributed by atoms with Crippen molar-refractivity contribution in [3.05, 3.63) is 199 Å². The van der Waals surface area contributed by atoms with E-state index in [4.69, 9.17) is 4.42 Å². The minimum Gasteiger partial charge on any atom is -0.455 e. The van der Waals surface area contributed by atoms with Gasteiger partial charge in [-0.1, -0.05) is 159 Å². The van der Waals surface area contributed by atoms with Crippen LogP contribution in [0.5, 0.6) is 0 Å². The molecule has 2 nitrogen and oxygen atoms in total. The van der Waals surface area contributed by atoms with E-state index >= 15 is 0 Å². The number of anilines is 3. The first-order valence-electron chi connectivity index (χ1n) is 18.3. The first kappa shape index (κ1) is 31.1. The third-order valence-corrected chi connectivity index (χ3v) is 11.1. The molecule has 0 unspecified atom stereocenters. The molecular weight excluding hydrogens is 643 g/mol. The molecule has 9 aromatic rings. The van der Waals surface area contributed by atoms with E-state index < -0.39 is 0 Å². The summed E-state index contributed by atoms with van der Waals surface area (Å²) >= 11 is 0. The topological polar surface area (TPSA) is 16.4 Å². The summed E-state index contributed by atoms with van der Waals surface area (Å²) in [5.74, 6) is 0. The van der Waals surface area contributed by atoms with Gasteiger partial charge in [0.1, 0.15) is 11.2 Å². The molecule has 0 fully saturated rings. The Bertz CT molecular complexity index is 2800. The fourth-order valence-corrected chi connectivity index (χ4v) is 8.42. The van der Waals surface area contributed by atoms with Gasteiger partial charge in [-0.3, -0.25) is 0 Å². The number of para-hydroxylation sites is 1. The van der Waals surface area contributed by atoms with Crippen LogP contribution in [0.4, 0.5) is 17.1 Å². The van der Waals surface area contributed by atoms with Gasteiger partial charge in [-0.15, -0.1) is 0 Å². The summed E-state index contributed by atoms with van der Waals surface area (Å²) < 4.78 is 6.65. The summed E-state index contributed by atoms with van der Waals surface area (Å²) in [7, 11) is 0. The first-order chi connectivity index (χ1) is 26.0. The molecule has 0 aliphatic heterocycles. The SMILES string of the molecule is CC1(C)c2ccccc2-c2ccc(N(c3cc(-c4ccccc4)c4oc5ccccc5c4c3)c3ccc(-c4ccccc4)cc3-c3ccccc3)cc21. The van der Waals surface area contributed by atoms with Crippen molar-refractivity contribution in [3.63, 3.8) is 0 Å². The molecule has 0 spiro atoms. The quantitative estimate of drug-likeness (QED) is 0.174. The summed E-state index contributed by atoms with van der Waals surface area (Å²) in [5, 5.41) is 2.20. The molecule has 0 bridgehead atoms. The molecule has 1 aliphatic carbocycles. The Morgan fingerprint density at radius 1 is 0.396 bits per heavy atom. The maximum atomic E-state index is 6.65. The molecule has 0 N–H and O–H groups in total. The van der Waals surface area contributed by atoms with Crippen LogP contribution in [0.1, 0.15) is 25.0 Å². The standard InChI is InChI=1S/C51H37NO/c1-51(2)46-24-14-12-22-40(46)41-28-27-38(33-47(41)51)52(48-29-26-37(34-16-6-3-7-17-34)30-43(48)35-18-8-4-9-19-35)39-31-44(36-20-10-5-11-21-36)50-45(32-39)42-23-13-15-25-49(42)53-50/h3-33H,1-2H3. The number of hydrogen-bond donors (Lipinski definition) is 0. The van der Waals surface area contributed by atoms with E-state index in [0.717, 1.165) is 61.3 Å². The monoisotopic (exact) mass is 679 g/mol. The van der Waals surface area contributed by atoms with E-state index in [1.165, 1.54) is 33.4 Å². The summed E-state index contributed by atoms with van der Waals surface area (Å²) in [6.45, 7) is 4.71. The van der Waals surface area contributed by atoms with Crippen LogP contribution in [0.15, 0.2) is 192 Å². The van der Waals surface area contributed by atoms with E-state index in [9.17, 15) is 0 Å². The van der Waals surface area contributed by atoms with E-state index in [-0.39, 0.29) is 5.41 Å². The van der Waals surface area contributed by atoms with E-state index in [2.05, 4.69) is 201 Å². The Hall–Kier alpha value is -6.64. The number of fused-ring (bicyclic) bond motifs is 6. The van der Waals surface area contributed by atoms with Crippen LogP contribution < -0.4 is 4.90 Å². The molecule has 0 radical (unpaired) electrons. The molecule has 1 heterocycles. The number of rotatable bonds is 6. The molecule has 0 saturated heterocycles. The largest absolute Gasteiger partial charge is 0.455 e. The molecule has 2 heteroatoms. The zero-order valence-electron chi connectivity index (χ0n) is 29.8. The second-order valence-corrected chi connectivity index (χ2v) is 14.5. The van der Waals surface area contributed by atoms with Crippen molar-refractivity contribution in [2.45, 2.75) is 19.3 Å². The molecule has 53 heavy (non-hydrogen) atoms. The maximum absolute atomic E-state index is 6.65. The third-order valence-electron chi connectivity index (χ3n) is 11.1. The zero-order valence-corrected chi connectivity index (χ0v) is 29.8. The normalized spacial score (nSPS) is 12.9. The van der Waals surface area contributed by atoms with Crippen LogP contribution in [0.25, 0.3) is 66.4 Å². The van der Waals surface area contributed by atoms with Crippen molar-refractivity contribution in [1.29, 1.82) is 0 Å². The number of hydrogen-bond acceptors (Lipinski definition) is 2. The maximum Gasteiger partial charge on any atom is 0.143 e. The van der Waals surface area contributed by atoms with Crippen LogP contribution in [0.2, 0.25) is 0 Å². The summed E-state index contributed by atoms with van der Waals surface area (Å²) in [4.78, 5) is 2.46. The highest BCUT2D eigenvalue weighted by atomic mass is 16.3. The van der Waals surface area contributed by atoms with Gasteiger partial charge in [0.15, 0.2) is 0 Å². The third kappa shape index (κ3) is 5.10. The van der Waals surface area contributed by atoms with Crippen molar-refractivity contribution >= 4 is 39.0 Å². The predicted octanol–water partition coefficient (Wildman–Crippen LogP) is 14.4. The minimum absolute atomic E-state index is 0.146. The Morgan fingerprint density at radius 2 is 1.02 bits per heavy atom. The fourth-order valence-electron chi connectivity index (χ4n) is 8.42. The van der Waals surface area contributed by atoms with E-state index in [1.807, 2.05) is 6.07 Å². The number of furan rings is 1. The van der Waals surface area contributed by atoms with Crippen LogP contribution in [-0.2, 0) is 5.41 Å². The fraction of sp³-hybridized carbons (Fsp3) is 0.0588. The average Bonchev–Trinajstić information content (AvgIpc) is 3.70. The predicted molar refractivity (Wildman–Crippen MR) is 222 cm³/mol. The molecule has 0 amide bonds. The van der Waals surface area contributed by atoms with Gasteiger partial charge in [0.25, 0.3) is 0 Å². The number of benzene rings is 8. The van der Waals surface area contributed by atoms with Gasteiger partial charge < -0.3 is 9.32 Å². The van der Waals surface area contributed by atoms with Gasteiger partial charge >= 0.3 is 0 Å². The Morgan fingerprint density at radius 3 is 1.77 bits per heavy atom. The van der Waals surface area contributed by atoms with Crippen molar-refractivity contribution in [2.75, 3.05) is 4.90 Å². The van der Waals surface area contributed by atoms with Crippen molar-refractivity contribution in [3.8, 4) is 44.5 Å². The molecule has 252 valence electrons. The average molecular weight is 680 g/mol. The Labute approximate surface area is 310 Å². The lowest BCUT2D eigenvalue weighted by molar-refractivity contribution is 0.660. The Kier molecular flexibility index (Phi) is 7.19.